The van der Waals surface area contributed by atoms with E-state index in [1.54, 1.807) is 12.1 Å². The molecule has 0 fully saturated rings. The van der Waals surface area contributed by atoms with Gasteiger partial charge in [0.2, 0.25) is 0 Å². The first-order valence-electron chi connectivity index (χ1n) is 7.62. The summed E-state index contributed by atoms with van der Waals surface area (Å²) in [5.41, 5.74) is -0.269. The minimum atomic E-state index is -4.48. The summed E-state index contributed by atoms with van der Waals surface area (Å²) in [7, 11) is 0. The van der Waals surface area contributed by atoms with Crippen LogP contribution >= 0.6 is 0 Å². The number of hydrogen-bond donors (Lipinski definition) is 0. The van der Waals surface area contributed by atoms with E-state index in [4.69, 9.17) is 4.84 Å². The van der Waals surface area contributed by atoms with Crippen LogP contribution in [-0.4, -0.2) is 22.8 Å². The number of carbonyl (C=O) groups excluding carboxylic acids is 3. The Morgan fingerprint density at radius 2 is 1.58 bits per heavy atom. The Hall–Kier alpha value is -3.16. The molecule has 0 bridgehead atoms. The summed E-state index contributed by atoms with van der Waals surface area (Å²) in [5, 5.41) is 0.374. The van der Waals surface area contributed by atoms with Crippen LogP contribution in [0.3, 0.4) is 0 Å². The lowest BCUT2D eigenvalue weighted by atomic mass is 10.1. The molecule has 5 nitrogen and oxygen atoms in total. The van der Waals surface area contributed by atoms with Crippen LogP contribution in [0.2, 0.25) is 0 Å². The fourth-order valence-corrected chi connectivity index (χ4v) is 2.55. The SMILES string of the molecule is O=C(CCc1cccc(C(F)(F)F)c1)ON1C(=O)c2ccccc2C1=O. The van der Waals surface area contributed by atoms with Gasteiger partial charge in [-0.3, -0.25) is 9.59 Å². The second-order valence-electron chi connectivity index (χ2n) is 5.61. The average molecular weight is 363 g/mol. The first-order chi connectivity index (χ1) is 12.3. The first-order valence-corrected chi connectivity index (χ1v) is 7.62. The average Bonchev–Trinajstić information content (AvgIpc) is 2.85. The Morgan fingerprint density at radius 1 is 0.962 bits per heavy atom. The van der Waals surface area contributed by atoms with Gasteiger partial charge in [-0.1, -0.05) is 35.4 Å². The van der Waals surface area contributed by atoms with Crippen molar-refractivity contribution in [1.29, 1.82) is 0 Å². The lowest BCUT2D eigenvalue weighted by Crippen LogP contribution is -2.32. The van der Waals surface area contributed by atoms with Gasteiger partial charge < -0.3 is 4.84 Å². The quantitative estimate of drug-likeness (QED) is 0.781. The van der Waals surface area contributed by atoms with Crippen LogP contribution < -0.4 is 0 Å². The van der Waals surface area contributed by atoms with E-state index in [2.05, 4.69) is 0 Å². The number of halogens is 3. The van der Waals surface area contributed by atoms with Crippen LogP contribution in [0, 0.1) is 0 Å². The van der Waals surface area contributed by atoms with Gasteiger partial charge in [0.1, 0.15) is 0 Å². The number of hydrogen-bond acceptors (Lipinski definition) is 4. The van der Waals surface area contributed by atoms with Crippen molar-refractivity contribution >= 4 is 17.8 Å². The largest absolute Gasteiger partial charge is 0.416 e. The highest BCUT2D eigenvalue weighted by molar-refractivity contribution is 6.20. The summed E-state index contributed by atoms with van der Waals surface area (Å²) in [4.78, 5) is 40.9. The molecule has 8 heteroatoms. The third kappa shape index (κ3) is 3.44. The fraction of sp³-hybridized carbons (Fsp3) is 0.167. The molecule has 0 spiro atoms. The van der Waals surface area contributed by atoms with Crippen LogP contribution in [0.4, 0.5) is 13.2 Å². The standard InChI is InChI=1S/C18H12F3NO4/c19-18(20,21)12-5-3-4-11(10-12)8-9-15(23)26-22-16(24)13-6-1-2-7-14(13)17(22)25/h1-7,10H,8-9H2. The Kier molecular flexibility index (Phi) is 4.50. The number of rotatable bonds is 4. The second kappa shape index (κ2) is 6.62. The van der Waals surface area contributed by atoms with Gasteiger partial charge in [0.15, 0.2) is 0 Å². The molecule has 2 aromatic carbocycles. The molecular formula is C18H12F3NO4. The lowest BCUT2D eigenvalue weighted by Gasteiger charge is -2.13. The summed E-state index contributed by atoms with van der Waals surface area (Å²) < 4.78 is 38.0. The van der Waals surface area contributed by atoms with Crippen LogP contribution in [0.25, 0.3) is 0 Å². The Morgan fingerprint density at radius 3 is 2.15 bits per heavy atom. The molecule has 0 saturated carbocycles. The molecule has 0 N–H and O–H groups in total. The smallest absolute Gasteiger partial charge is 0.330 e. The van der Waals surface area contributed by atoms with E-state index < -0.39 is 29.5 Å². The summed E-state index contributed by atoms with van der Waals surface area (Å²) in [6.45, 7) is 0. The van der Waals surface area contributed by atoms with E-state index >= 15 is 0 Å². The van der Waals surface area contributed by atoms with E-state index in [0.29, 0.717) is 10.6 Å². The monoisotopic (exact) mass is 363 g/mol. The Balaban J connectivity index is 1.62. The molecule has 26 heavy (non-hydrogen) atoms. The van der Waals surface area contributed by atoms with Gasteiger partial charge in [-0.25, -0.2) is 4.79 Å². The Bertz CT molecular complexity index is 857. The van der Waals surface area contributed by atoms with Gasteiger partial charge in [-0.15, -0.1) is 0 Å². The molecule has 2 amide bonds. The first kappa shape index (κ1) is 17.7. The van der Waals surface area contributed by atoms with Crippen molar-refractivity contribution in [3.8, 4) is 0 Å². The van der Waals surface area contributed by atoms with E-state index in [-0.39, 0.29) is 24.0 Å². The summed E-state index contributed by atoms with van der Waals surface area (Å²) in [6, 6.07) is 10.6. The molecule has 0 saturated heterocycles. The molecule has 0 aliphatic carbocycles. The molecule has 1 heterocycles. The van der Waals surface area contributed by atoms with Gasteiger partial charge in [-0.05, 0) is 30.2 Å². The topological polar surface area (TPSA) is 63.7 Å². The van der Waals surface area contributed by atoms with Crippen LogP contribution in [0.5, 0.6) is 0 Å². The summed E-state index contributed by atoms with van der Waals surface area (Å²) >= 11 is 0. The molecule has 1 aliphatic rings. The normalized spacial score (nSPS) is 13.7. The van der Waals surface area contributed by atoms with Gasteiger partial charge in [0.05, 0.1) is 23.1 Å². The predicted molar refractivity (Wildman–Crippen MR) is 82.8 cm³/mol. The van der Waals surface area contributed by atoms with E-state index in [0.717, 1.165) is 12.1 Å². The molecule has 2 aromatic rings. The molecule has 0 radical (unpaired) electrons. The van der Waals surface area contributed by atoms with Gasteiger partial charge in [-0.2, -0.15) is 13.2 Å². The minimum absolute atomic E-state index is 0.0219. The molecule has 134 valence electrons. The minimum Gasteiger partial charge on any atom is -0.330 e. The molecule has 0 aromatic heterocycles. The molecule has 3 rings (SSSR count). The highest BCUT2D eigenvalue weighted by atomic mass is 19.4. The predicted octanol–water partition coefficient (Wildman–Crippen LogP) is 3.39. The third-order valence-electron chi connectivity index (χ3n) is 3.82. The summed E-state index contributed by atoms with van der Waals surface area (Å²) in [6.07, 6.45) is -4.78. The number of aryl methyl sites for hydroxylation is 1. The maximum atomic E-state index is 12.7. The third-order valence-corrected chi connectivity index (χ3v) is 3.82. The van der Waals surface area contributed by atoms with Crippen molar-refractivity contribution in [1.82, 2.24) is 5.06 Å². The van der Waals surface area contributed by atoms with Gasteiger partial charge in [0.25, 0.3) is 11.8 Å². The molecule has 0 unspecified atom stereocenters. The number of nitrogens with zero attached hydrogens (tertiary/aromatic N) is 1. The lowest BCUT2D eigenvalue weighted by molar-refractivity contribution is -0.168. The summed E-state index contributed by atoms with van der Waals surface area (Å²) in [5.74, 6) is -2.40. The zero-order valence-corrected chi connectivity index (χ0v) is 13.2. The maximum Gasteiger partial charge on any atom is 0.416 e. The van der Waals surface area contributed by atoms with Crippen molar-refractivity contribution in [2.45, 2.75) is 19.0 Å². The number of alkyl halides is 3. The maximum absolute atomic E-state index is 12.7. The Labute approximate surface area is 145 Å². The highest BCUT2D eigenvalue weighted by Crippen LogP contribution is 2.30. The van der Waals surface area contributed by atoms with Crippen molar-refractivity contribution in [3.05, 3.63) is 70.8 Å². The number of amides is 2. The van der Waals surface area contributed by atoms with Crippen LogP contribution in [0.1, 0.15) is 38.3 Å². The number of fused-ring (bicyclic) bond motifs is 1. The van der Waals surface area contributed by atoms with Gasteiger partial charge >= 0.3 is 12.1 Å². The van der Waals surface area contributed by atoms with Crippen molar-refractivity contribution < 1.29 is 32.4 Å². The number of benzene rings is 2. The van der Waals surface area contributed by atoms with E-state index in [1.807, 2.05) is 0 Å². The van der Waals surface area contributed by atoms with Crippen LogP contribution in [-0.2, 0) is 22.2 Å². The van der Waals surface area contributed by atoms with E-state index in [9.17, 15) is 27.6 Å². The number of hydroxylamine groups is 2. The zero-order valence-electron chi connectivity index (χ0n) is 13.2. The van der Waals surface area contributed by atoms with Crippen molar-refractivity contribution in [2.24, 2.45) is 0 Å². The highest BCUT2D eigenvalue weighted by Gasteiger charge is 2.38. The molecule has 1 aliphatic heterocycles. The van der Waals surface area contributed by atoms with Gasteiger partial charge in [0, 0.05) is 0 Å². The number of imide groups is 1. The molecular weight excluding hydrogens is 351 g/mol. The van der Waals surface area contributed by atoms with Crippen LogP contribution in [0.15, 0.2) is 48.5 Å². The fourth-order valence-electron chi connectivity index (χ4n) is 2.55. The number of carbonyl (C=O) groups is 3. The van der Waals surface area contributed by atoms with Crippen molar-refractivity contribution in [2.75, 3.05) is 0 Å². The zero-order chi connectivity index (χ0) is 18.9. The second-order valence-corrected chi connectivity index (χ2v) is 5.61. The van der Waals surface area contributed by atoms with E-state index in [1.165, 1.54) is 24.3 Å². The van der Waals surface area contributed by atoms with Crippen molar-refractivity contribution in [3.63, 3.8) is 0 Å². The molecule has 0 atom stereocenters.